The van der Waals surface area contributed by atoms with Gasteiger partial charge in [-0.1, -0.05) is 135 Å². The van der Waals surface area contributed by atoms with Gasteiger partial charge in [-0.2, -0.15) is 0 Å². The van der Waals surface area contributed by atoms with Crippen LogP contribution < -0.4 is 59.0 Å². The Kier molecular flexibility index (Phi) is 24.7. The van der Waals surface area contributed by atoms with E-state index in [9.17, 15) is 44.1 Å². The van der Waals surface area contributed by atoms with Crippen LogP contribution in [0, 0.1) is 17.8 Å². The number of fused-ring (bicyclic) bond motifs is 9. The molecule has 0 saturated heterocycles. The minimum atomic E-state index is -1.49. The summed E-state index contributed by atoms with van der Waals surface area (Å²) in [5.74, 6) is -0.933. The predicted molar refractivity (Wildman–Crippen MR) is 437 cm³/mol. The molecule has 9 aromatic rings. The number of nitrogens with two attached hydrogens (primary N) is 1. The predicted octanol–water partition coefficient (Wildman–Crippen LogP) is 10.8. The first-order valence-corrected chi connectivity index (χ1v) is 37.7. The fourth-order valence-electron chi connectivity index (χ4n) is 18.7. The maximum absolute atomic E-state index is 13.8. The van der Waals surface area contributed by atoms with Gasteiger partial charge in [0.2, 0.25) is 34.8 Å². The molecule has 0 radical (unpaired) electrons. The van der Waals surface area contributed by atoms with E-state index in [-0.39, 0.29) is 42.2 Å². The van der Waals surface area contributed by atoms with Crippen molar-refractivity contribution in [1.82, 2.24) is 25.3 Å². The quantitative estimate of drug-likeness (QED) is 0.0462. The van der Waals surface area contributed by atoms with E-state index >= 15 is 0 Å². The molecule has 116 heavy (non-hydrogen) atoms. The number of aliphatic hydroxyl groups is 3. The number of amides is 5. The van der Waals surface area contributed by atoms with Crippen molar-refractivity contribution in [3.8, 4) is 51.7 Å². The van der Waals surface area contributed by atoms with Gasteiger partial charge in [-0.25, -0.2) is 0 Å². The van der Waals surface area contributed by atoms with Gasteiger partial charge in [0, 0.05) is 116 Å². The molecule has 3 fully saturated rings. The Morgan fingerprint density at radius 3 is 0.888 bits per heavy atom. The molecular weight excluding hydrogens is 1500 g/mol. The van der Waals surface area contributed by atoms with Gasteiger partial charge in [-0.3, -0.25) is 28.8 Å². The maximum Gasteiger partial charge on any atom is 0.228 e. The Balaban J connectivity index is 0.000000166. The lowest BCUT2D eigenvalue weighted by Gasteiger charge is -2.44. The molecule has 0 aromatic heterocycles. The van der Waals surface area contributed by atoms with Gasteiger partial charge in [0.15, 0.2) is 16.8 Å². The van der Waals surface area contributed by atoms with Gasteiger partial charge in [-0.15, -0.1) is 0 Å². The van der Waals surface area contributed by atoms with Crippen LogP contribution >= 0.6 is 11.6 Å². The van der Waals surface area contributed by atoms with Gasteiger partial charge >= 0.3 is 0 Å². The molecule has 7 N–H and O–H groups in total. The zero-order valence-electron chi connectivity index (χ0n) is 66.7. The van der Waals surface area contributed by atoms with Crippen molar-refractivity contribution in [3.05, 3.63) is 268 Å². The molecule has 6 aliphatic rings. The first-order valence-electron chi connectivity index (χ1n) is 37.4. The van der Waals surface area contributed by atoms with Crippen molar-refractivity contribution in [2.45, 2.75) is 97.7 Å². The second kappa shape index (κ2) is 33.6. The van der Waals surface area contributed by atoms with E-state index in [0.717, 1.165) is 22.3 Å². The third-order valence-electron chi connectivity index (χ3n) is 23.2. The topological polar surface area (TPSA) is 306 Å². The Morgan fingerprint density at radius 2 is 0.612 bits per heavy atom. The van der Waals surface area contributed by atoms with Crippen LogP contribution in [0.5, 0.6) is 51.7 Å². The third-order valence-corrected chi connectivity index (χ3v) is 23.2. The van der Waals surface area contributed by atoms with Gasteiger partial charge < -0.3 is 89.0 Å². The minimum Gasteiger partial charge on any atom is -0.497 e. The maximum atomic E-state index is 13.8. The van der Waals surface area contributed by atoms with Crippen LogP contribution in [0.1, 0.15) is 96.0 Å². The number of rotatable bonds is 17. The Hall–Kier alpha value is -11.7. The average Bonchev–Trinajstić information content (AvgIpc) is 1.50. The molecule has 3 saturated carbocycles. The van der Waals surface area contributed by atoms with Crippen LogP contribution in [-0.2, 0) is 62.2 Å². The van der Waals surface area contributed by atoms with Crippen LogP contribution in [-0.4, -0.2) is 168 Å². The highest BCUT2D eigenvalue weighted by Crippen LogP contribution is 2.72. The second-order valence-electron chi connectivity index (χ2n) is 29.9. The number of hydrogen-bond donors (Lipinski definition) is 6. The Morgan fingerprint density at radius 1 is 0.371 bits per heavy atom. The lowest BCUT2D eigenvalue weighted by Crippen LogP contribution is -2.62. The van der Waals surface area contributed by atoms with Crippen LogP contribution in [0.3, 0.4) is 0 Å². The SMILES string of the molecule is C.CC(=O)Cl.COc1ccc([C@@]23Oc4cc(OC)ccc4[C@]2(N)[C@H](O)[C@H](C(=O)N(C)C)[C@H]3c2ccccc2)cc1.COc1ccc([C@@]23Oc4cc(OC)ccc4[C@]2(NC(C)=O)[C@H](O)[C@H](C(=O)N(C)C)[C@H]3c2ccccc2)cc1.COc1ccc([C@@]23Oc4cc(OC)ccc4[C@]2(NC(C)=O)[C@H](O)[C@H](C(=O)N(C)C)[C@H]3c2ccccc2)cc1. The summed E-state index contributed by atoms with van der Waals surface area (Å²) in [4.78, 5) is 80.8. The third kappa shape index (κ3) is 13.7. The van der Waals surface area contributed by atoms with E-state index in [1.54, 1.807) is 133 Å². The minimum absolute atomic E-state index is 0. The molecule has 3 heterocycles. The van der Waals surface area contributed by atoms with Gasteiger partial charge in [0.1, 0.15) is 68.4 Å². The first kappa shape index (κ1) is 85.2. The Labute approximate surface area is 681 Å². The molecule has 25 heteroatoms. The molecule has 610 valence electrons. The molecule has 15 atom stereocenters. The van der Waals surface area contributed by atoms with Crippen molar-refractivity contribution >= 4 is 46.4 Å². The number of halogens is 1. The highest BCUT2D eigenvalue weighted by atomic mass is 35.5. The summed E-state index contributed by atoms with van der Waals surface area (Å²) in [7, 11) is 19.5. The van der Waals surface area contributed by atoms with E-state index in [1.807, 2.05) is 170 Å². The number of ether oxygens (including phenoxy) is 9. The van der Waals surface area contributed by atoms with E-state index in [4.69, 9.17) is 48.4 Å². The second-order valence-corrected chi connectivity index (χ2v) is 30.4. The summed E-state index contributed by atoms with van der Waals surface area (Å²) in [6.45, 7) is 4.10. The largest absolute Gasteiger partial charge is 0.497 e. The number of nitrogens with one attached hydrogen (secondary N) is 2. The summed E-state index contributed by atoms with van der Waals surface area (Å²) in [6, 6.07) is 66.9. The highest BCUT2D eigenvalue weighted by molar-refractivity contribution is 6.62. The van der Waals surface area contributed by atoms with Crippen molar-refractivity contribution < 1.29 is 86.7 Å². The van der Waals surface area contributed by atoms with Crippen molar-refractivity contribution in [3.63, 3.8) is 0 Å². The molecular formula is C91H101ClN6O18. The lowest BCUT2D eigenvalue weighted by molar-refractivity contribution is -0.138. The molecule has 24 nitrogen and oxygen atoms in total. The van der Waals surface area contributed by atoms with Crippen LogP contribution in [0.15, 0.2) is 218 Å². The monoisotopic (exact) mass is 1600 g/mol. The van der Waals surface area contributed by atoms with Crippen LogP contribution in [0.4, 0.5) is 0 Å². The number of carbonyl (C=O) groups is 6. The number of methoxy groups -OCH3 is 6. The molecule has 5 amide bonds. The molecule has 3 aliphatic heterocycles. The summed E-state index contributed by atoms with van der Waals surface area (Å²) in [6.07, 6.45) is -3.88. The molecule has 0 spiro atoms. The van der Waals surface area contributed by atoms with Gasteiger partial charge in [0.05, 0.1) is 78.7 Å². The molecule has 3 aliphatic carbocycles. The summed E-state index contributed by atoms with van der Waals surface area (Å²) >= 11 is 4.64. The smallest absolute Gasteiger partial charge is 0.228 e. The molecule has 9 aromatic carbocycles. The zero-order chi connectivity index (χ0) is 83.0. The van der Waals surface area contributed by atoms with Crippen molar-refractivity contribution in [2.24, 2.45) is 23.5 Å². The highest BCUT2D eigenvalue weighted by Gasteiger charge is 2.81. The lowest BCUT2D eigenvalue weighted by atomic mass is 9.68. The number of hydrogen-bond acceptors (Lipinski definition) is 19. The number of nitrogens with zero attached hydrogens (tertiary/aromatic N) is 3. The summed E-state index contributed by atoms with van der Waals surface area (Å²) in [5.41, 5.74) is 5.19. The van der Waals surface area contributed by atoms with E-state index < -0.39 is 87.2 Å². The summed E-state index contributed by atoms with van der Waals surface area (Å²) < 4.78 is 53.3. The average molecular weight is 1600 g/mol. The standard InChI is InChI=1S/2C30H32N2O6.C28H30N2O5.C2H3ClO.CH4/c2*1-18(33)31-29-23-16-15-22(37-5)17-24(23)38-30(29,20-11-13-21(36-4)14-12-20)26(19-9-7-6-8-10-19)25(27(29)34)28(35)32(2)3;1-30(2)26(32)23-24(17-8-6-5-7-9-17)28(18-10-12-19(33-3)13-11-18)27(29,25(23)31)21-15-14-20(34-4)16-22(21)35-28;1-2(3)4;/h2*6-17,25-27,34H,1-5H3,(H,31,33);5-16,23-25,31H,29H2,1-4H3;1H3;1H4/t2*25-,26-,27-,29+,30+;23-,24-,25-,27+,28+;;/m111../s1. The number of carbonyl (C=O) groups excluding carboxylic acids is 6. The normalized spacial score (nSPS) is 26.6. The zero-order valence-corrected chi connectivity index (χ0v) is 67.5. The van der Waals surface area contributed by atoms with Gasteiger partial charge in [-0.05, 0) is 118 Å². The van der Waals surface area contributed by atoms with E-state index in [0.29, 0.717) is 79.6 Å². The molecule has 0 unspecified atom stereocenters. The molecule has 15 rings (SSSR count). The fraction of sp³-hybridized carbons (Fsp3) is 0.341. The molecule has 0 bridgehead atoms. The van der Waals surface area contributed by atoms with Crippen molar-refractivity contribution in [2.75, 3.05) is 84.9 Å². The van der Waals surface area contributed by atoms with E-state index in [1.165, 1.54) is 35.5 Å². The summed E-state index contributed by atoms with van der Waals surface area (Å²) in [5, 5.41) is 42.4. The number of benzene rings is 9. The number of aliphatic hydroxyl groups excluding tert-OH is 3. The van der Waals surface area contributed by atoms with Crippen LogP contribution in [0.25, 0.3) is 0 Å². The van der Waals surface area contributed by atoms with Gasteiger partial charge in [0.25, 0.3) is 0 Å². The van der Waals surface area contributed by atoms with Crippen LogP contribution in [0.2, 0.25) is 0 Å². The first-order chi connectivity index (χ1) is 54.9. The Bertz CT molecular complexity index is 4850. The van der Waals surface area contributed by atoms with E-state index in [2.05, 4.69) is 22.2 Å². The van der Waals surface area contributed by atoms with Crippen molar-refractivity contribution in [1.29, 1.82) is 0 Å². The fourth-order valence-corrected chi connectivity index (χ4v) is 18.7.